The lowest BCUT2D eigenvalue weighted by Gasteiger charge is -2.10. The minimum absolute atomic E-state index is 0.0562. The molecule has 138 valence electrons. The number of methoxy groups -OCH3 is 1. The quantitative estimate of drug-likeness (QED) is 0.666. The Morgan fingerprint density at radius 1 is 1.04 bits per heavy atom. The van der Waals surface area contributed by atoms with E-state index >= 15 is 0 Å². The molecule has 27 heavy (non-hydrogen) atoms. The average molecular weight is 362 g/mol. The van der Waals surface area contributed by atoms with Gasteiger partial charge in [0.15, 0.2) is 0 Å². The normalized spacial score (nSPS) is 10.3. The van der Waals surface area contributed by atoms with Crippen LogP contribution in [0.1, 0.15) is 16.8 Å². The lowest BCUT2D eigenvalue weighted by atomic mass is 10.1. The van der Waals surface area contributed by atoms with Crippen molar-refractivity contribution in [2.24, 2.45) is 0 Å². The maximum atomic E-state index is 12.2. The summed E-state index contributed by atoms with van der Waals surface area (Å²) in [7, 11) is 1.60. The highest BCUT2D eigenvalue weighted by Crippen LogP contribution is 2.18. The maximum absolute atomic E-state index is 12.2. The highest BCUT2D eigenvalue weighted by molar-refractivity contribution is 5.79. The summed E-state index contributed by atoms with van der Waals surface area (Å²) in [6, 6.07) is 20.9. The van der Waals surface area contributed by atoms with Crippen LogP contribution in [0.2, 0.25) is 0 Å². The molecule has 0 fully saturated rings. The SMILES string of the molecule is COc1ccccc1CC(=O)NCc1cccc(OCc2ccccn2)c1. The van der Waals surface area contributed by atoms with Crippen LogP contribution in [0.4, 0.5) is 0 Å². The van der Waals surface area contributed by atoms with Crippen LogP contribution >= 0.6 is 0 Å². The van der Waals surface area contributed by atoms with Crippen molar-refractivity contribution in [3.05, 3.63) is 89.7 Å². The summed E-state index contributed by atoms with van der Waals surface area (Å²) in [6.07, 6.45) is 2.02. The molecule has 1 aromatic heterocycles. The Labute approximate surface area is 159 Å². The number of para-hydroxylation sites is 1. The number of pyridine rings is 1. The Hall–Kier alpha value is -3.34. The van der Waals surface area contributed by atoms with Crippen LogP contribution in [0.25, 0.3) is 0 Å². The van der Waals surface area contributed by atoms with E-state index in [1.54, 1.807) is 13.3 Å². The minimum atomic E-state index is -0.0562. The molecule has 0 aliphatic heterocycles. The van der Waals surface area contributed by atoms with Gasteiger partial charge in [0.05, 0.1) is 19.2 Å². The fraction of sp³-hybridized carbons (Fsp3) is 0.182. The molecule has 3 aromatic rings. The Morgan fingerprint density at radius 2 is 1.89 bits per heavy atom. The van der Waals surface area contributed by atoms with E-state index in [9.17, 15) is 4.79 Å². The summed E-state index contributed by atoms with van der Waals surface area (Å²) < 4.78 is 11.1. The molecule has 5 heteroatoms. The van der Waals surface area contributed by atoms with Gasteiger partial charge in [0, 0.05) is 18.3 Å². The van der Waals surface area contributed by atoms with Gasteiger partial charge in [0.2, 0.25) is 5.91 Å². The first-order valence-electron chi connectivity index (χ1n) is 8.75. The van der Waals surface area contributed by atoms with Crippen molar-refractivity contribution in [3.63, 3.8) is 0 Å². The summed E-state index contributed by atoms with van der Waals surface area (Å²) in [6.45, 7) is 0.846. The van der Waals surface area contributed by atoms with E-state index in [0.717, 1.165) is 28.3 Å². The van der Waals surface area contributed by atoms with Gasteiger partial charge in [-0.1, -0.05) is 36.4 Å². The number of aromatic nitrogens is 1. The number of ether oxygens (including phenoxy) is 2. The standard InChI is InChI=1S/C22H22N2O3/c1-26-21-11-3-2-8-18(21)14-22(25)24-15-17-7-6-10-20(13-17)27-16-19-9-4-5-12-23-19/h2-13H,14-16H2,1H3,(H,24,25). The lowest BCUT2D eigenvalue weighted by molar-refractivity contribution is -0.120. The van der Waals surface area contributed by atoms with Crippen molar-refractivity contribution < 1.29 is 14.3 Å². The monoisotopic (exact) mass is 362 g/mol. The van der Waals surface area contributed by atoms with E-state index in [-0.39, 0.29) is 12.3 Å². The molecule has 0 aliphatic rings. The van der Waals surface area contributed by atoms with Crippen LogP contribution in [0, 0.1) is 0 Å². The van der Waals surface area contributed by atoms with Crippen LogP contribution in [0.5, 0.6) is 11.5 Å². The highest BCUT2D eigenvalue weighted by atomic mass is 16.5. The van der Waals surface area contributed by atoms with Gasteiger partial charge in [-0.15, -0.1) is 0 Å². The third kappa shape index (κ3) is 5.57. The van der Waals surface area contributed by atoms with Gasteiger partial charge in [-0.3, -0.25) is 9.78 Å². The molecule has 0 atom stereocenters. The van der Waals surface area contributed by atoms with Gasteiger partial charge < -0.3 is 14.8 Å². The largest absolute Gasteiger partial charge is 0.496 e. The fourth-order valence-corrected chi connectivity index (χ4v) is 2.67. The summed E-state index contributed by atoms with van der Waals surface area (Å²) in [5.41, 5.74) is 2.71. The van der Waals surface area contributed by atoms with Gasteiger partial charge in [-0.2, -0.15) is 0 Å². The molecule has 1 heterocycles. The number of nitrogens with one attached hydrogen (secondary N) is 1. The smallest absolute Gasteiger partial charge is 0.224 e. The van der Waals surface area contributed by atoms with Gasteiger partial charge in [-0.05, 0) is 35.9 Å². The molecule has 1 N–H and O–H groups in total. The van der Waals surface area contributed by atoms with Gasteiger partial charge in [-0.25, -0.2) is 0 Å². The second-order valence-electron chi connectivity index (χ2n) is 6.02. The molecule has 2 aromatic carbocycles. The van der Waals surface area contributed by atoms with Crippen molar-refractivity contribution in [1.82, 2.24) is 10.3 Å². The first-order chi connectivity index (χ1) is 13.2. The number of hydrogen-bond acceptors (Lipinski definition) is 4. The van der Waals surface area contributed by atoms with Crippen molar-refractivity contribution in [2.75, 3.05) is 7.11 Å². The van der Waals surface area contributed by atoms with Crippen LogP contribution in [0.3, 0.4) is 0 Å². The van der Waals surface area contributed by atoms with Crippen molar-refractivity contribution in [2.45, 2.75) is 19.6 Å². The Kier molecular flexibility index (Phi) is 6.41. The summed E-state index contributed by atoms with van der Waals surface area (Å²) in [5.74, 6) is 1.41. The van der Waals surface area contributed by atoms with Crippen LogP contribution in [-0.2, 0) is 24.4 Å². The lowest BCUT2D eigenvalue weighted by Crippen LogP contribution is -2.24. The minimum Gasteiger partial charge on any atom is -0.496 e. The number of carbonyl (C=O) groups is 1. The summed E-state index contributed by atoms with van der Waals surface area (Å²) in [4.78, 5) is 16.5. The van der Waals surface area contributed by atoms with Gasteiger partial charge in [0.25, 0.3) is 0 Å². The third-order valence-electron chi connectivity index (χ3n) is 4.04. The molecule has 5 nitrogen and oxygen atoms in total. The molecule has 0 spiro atoms. The number of benzene rings is 2. The first-order valence-corrected chi connectivity index (χ1v) is 8.75. The molecule has 0 radical (unpaired) electrons. The number of amides is 1. The molecular formula is C22H22N2O3. The molecule has 0 unspecified atom stereocenters. The zero-order valence-corrected chi connectivity index (χ0v) is 15.2. The van der Waals surface area contributed by atoms with Gasteiger partial charge >= 0.3 is 0 Å². The van der Waals surface area contributed by atoms with Gasteiger partial charge in [0.1, 0.15) is 18.1 Å². The molecule has 3 rings (SSSR count). The zero-order valence-electron chi connectivity index (χ0n) is 15.2. The second kappa shape index (κ2) is 9.38. The summed E-state index contributed by atoms with van der Waals surface area (Å²) >= 11 is 0. The molecule has 0 bridgehead atoms. The average Bonchev–Trinajstić information content (AvgIpc) is 2.72. The van der Waals surface area contributed by atoms with Crippen LogP contribution in [0.15, 0.2) is 72.9 Å². The molecule has 0 aliphatic carbocycles. The first kappa shape index (κ1) is 18.5. The van der Waals surface area contributed by atoms with E-state index in [1.165, 1.54) is 0 Å². The third-order valence-corrected chi connectivity index (χ3v) is 4.04. The van der Waals surface area contributed by atoms with Crippen LogP contribution < -0.4 is 14.8 Å². The Morgan fingerprint density at radius 3 is 2.70 bits per heavy atom. The zero-order chi connectivity index (χ0) is 18.9. The van der Waals surface area contributed by atoms with Crippen molar-refractivity contribution >= 4 is 5.91 Å². The van der Waals surface area contributed by atoms with E-state index in [2.05, 4.69) is 10.3 Å². The molecule has 1 amide bonds. The highest BCUT2D eigenvalue weighted by Gasteiger charge is 2.08. The topological polar surface area (TPSA) is 60.5 Å². The number of nitrogens with zero attached hydrogens (tertiary/aromatic N) is 1. The van der Waals surface area contributed by atoms with E-state index in [0.29, 0.717) is 13.2 Å². The molecular weight excluding hydrogens is 340 g/mol. The van der Waals surface area contributed by atoms with Crippen molar-refractivity contribution in [3.8, 4) is 11.5 Å². The molecule has 0 saturated heterocycles. The Bertz CT molecular complexity index is 881. The van der Waals surface area contributed by atoms with Crippen molar-refractivity contribution in [1.29, 1.82) is 0 Å². The number of hydrogen-bond donors (Lipinski definition) is 1. The maximum Gasteiger partial charge on any atom is 0.224 e. The number of rotatable bonds is 8. The number of carbonyl (C=O) groups excluding carboxylic acids is 1. The predicted octanol–water partition coefficient (Wildman–Crippen LogP) is 3.53. The summed E-state index contributed by atoms with van der Waals surface area (Å²) in [5, 5.41) is 2.94. The predicted molar refractivity (Wildman–Crippen MR) is 104 cm³/mol. The van der Waals surface area contributed by atoms with E-state index in [1.807, 2.05) is 66.7 Å². The van der Waals surface area contributed by atoms with E-state index < -0.39 is 0 Å². The van der Waals surface area contributed by atoms with Crippen LogP contribution in [-0.4, -0.2) is 18.0 Å². The second-order valence-corrected chi connectivity index (χ2v) is 6.02. The Balaban J connectivity index is 1.52. The molecule has 0 saturated carbocycles. The van der Waals surface area contributed by atoms with E-state index in [4.69, 9.17) is 9.47 Å². The fourth-order valence-electron chi connectivity index (χ4n) is 2.67.